The number of benzene rings is 2. The summed E-state index contributed by atoms with van der Waals surface area (Å²) in [4.78, 5) is 26.1. The van der Waals surface area contributed by atoms with E-state index in [0.717, 1.165) is 6.42 Å². The van der Waals surface area contributed by atoms with Gasteiger partial charge in [-0.15, -0.1) is 0 Å². The lowest BCUT2D eigenvalue weighted by molar-refractivity contribution is -0.146. The molecule has 1 aliphatic rings. The second-order valence-electron chi connectivity index (χ2n) is 6.11. The van der Waals surface area contributed by atoms with Crippen LogP contribution in [0.4, 0.5) is 5.69 Å². The van der Waals surface area contributed by atoms with Crippen molar-refractivity contribution in [3.63, 3.8) is 0 Å². The summed E-state index contributed by atoms with van der Waals surface area (Å²) in [6, 6.07) is 16.3. The van der Waals surface area contributed by atoms with E-state index in [2.05, 4.69) is 5.32 Å². The molecule has 0 bridgehead atoms. The minimum Gasteiger partial charge on any atom is -0.468 e. The SMILES string of the molecule is COC(=O)C1CCCN1CC(=O)Nc1ccccc1Oc1ccccc1. The van der Waals surface area contributed by atoms with E-state index in [4.69, 9.17) is 9.47 Å². The Hall–Kier alpha value is -2.86. The maximum Gasteiger partial charge on any atom is 0.323 e. The molecule has 1 aliphatic heterocycles. The van der Waals surface area contributed by atoms with Gasteiger partial charge in [0.1, 0.15) is 11.8 Å². The first-order valence-electron chi connectivity index (χ1n) is 8.61. The molecule has 0 aliphatic carbocycles. The van der Waals surface area contributed by atoms with Gasteiger partial charge in [-0.05, 0) is 43.7 Å². The van der Waals surface area contributed by atoms with Crippen molar-refractivity contribution in [3.8, 4) is 11.5 Å². The van der Waals surface area contributed by atoms with Crippen LogP contribution < -0.4 is 10.1 Å². The molecule has 1 atom stereocenters. The first kappa shape index (κ1) is 17.9. The Balaban J connectivity index is 1.65. The number of ether oxygens (including phenoxy) is 2. The van der Waals surface area contributed by atoms with E-state index >= 15 is 0 Å². The average Bonchev–Trinajstić information content (AvgIpc) is 3.11. The molecule has 6 heteroatoms. The van der Waals surface area contributed by atoms with Crippen molar-refractivity contribution >= 4 is 17.6 Å². The van der Waals surface area contributed by atoms with Gasteiger partial charge in [0, 0.05) is 0 Å². The number of likely N-dealkylation sites (tertiary alicyclic amines) is 1. The van der Waals surface area contributed by atoms with E-state index in [1.54, 1.807) is 12.1 Å². The van der Waals surface area contributed by atoms with Crippen molar-refractivity contribution in [1.82, 2.24) is 4.90 Å². The van der Waals surface area contributed by atoms with Gasteiger partial charge in [0.05, 0.1) is 19.3 Å². The number of esters is 1. The van der Waals surface area contributed by atoms with Crippen LogP contribution in [0, 0.1) is 0 Å². The molecule has 1 heterocycles. The predicted octanol–water partition coefficient (Wildman–Crippen LogP) is 3.05. The maximum atomic E-state index is 12.5. The number of nitrogens with one attached hydrogen (secondary N) is 1. The number of carbonyl (C=O) groups is 2. The van der Waals surface area contributed by atoms with Crippen LogP contribution in [0.2, 0.25) is 0 Å². The van der Waals surface area contributed by atoms with E-state index in [1.165, 1.54) is 7.11 Å². The molecule has 1 N–H and O–H groups in total. The first-order valence-corrected chi connectivity index (χ1v) is 8.61. The Morgan fingerprint density at radius 1 is 1.12 bits per heavy atom. The number of carbonyl (C=O) groups excluding carboxylic acids is 2. The summed E-state index contributed by atoms with van der Waals surface area (Å²) in [5.74, 6) is 0.783. The van der Waals surface area contributed by atoms with Crippen LogP contribution in [0.5, 0.6) is 11.5 Å². The highest BCUT2D eigenvalue weighted by Crippen LogP contribution is 2.29. The monoisotopic (exact) mass is 354 g/mol. The molecule has 6 nitrogen and oxygen atoms in total. The van der Waals surface area contributed by atoms with Crippen LogP contribution in [-0.4, -0.2) is 43.0 Å². The lowest BCUT2D eigenvalue weighted by atomic mass is 10.2. The summed E-state index contributed by atoms with van der Waals surface area (Å²) >= 11 is 0. The number of rotatable bonds is 6. The molecule has 26 heavy (non-hydrogen) atoms. The zero-order valence-corrected chi connectivity index (χ0v) is 14.7. The summed E-state index contributed by atoms with van der Waals surface area (Å²) in [6.45, 7) is 0.842. The van der Waals surface area contributed by atoms with Gasteiger partial charge >= 0.3 is 5.97 Å². The molecule has 0 saturated carbocycles. The fraction of sp³-hybridized carbons (Fsp3) is 0.300. The molecule has 1 fully saturated rings. The van der Waals surface area contributed by atoms with Crippen molar-refractivity contribution in [2.24, 2.45) is 0 Å². The summed E-state index contributed by atoms with van der Waals surface area (Å²) in [6.07, 6.45) is 1.59. The second-order valence-corrected chi connectivity index (χ2v) is 6.11. The number of hydrogen-bond donors (Lipinski definition) is 1. The highest BCUT2D eigenvalue weighted by Gasteiger charge is 2.32. The third-order valence-corrected chi connectivity index (χ3v) is 4.32. The molecule has 0 aromatic heterocycles. The van der Waals surface area contributed by atoms with Crippen LogP contribution in [0.1, 0.15) is 12.8 Å². The summed E-state index contributed by atoms with van der Waals surface area (Å²) in [5.41, 5.74) is 0.593. The zero-order chi connectivity index (χ0) is 18.4. The van der Waals surface area contributed by atoms with Gasteiger partial charge < -0.3 is 14.8 Å². The fourth-order valence-corrected chi connectivity index (χ4v) is 3.07. The minimum absolute atomic E-state index is 0.138. The number of para-hydroxylation sites is 3. The quantitative estimate of drug-likeness (QED) is 0.808. The van der Waals surface area contributed by atoms with Crippen LogP contribution in [-0.2, 0) is 14.3 Å². The topological polar surface area (TPSA) is 67.9 Å². The highest BCUT2D eigenvalue weighted by molar-refractivity contribution is 5.94. The number of hydrogen-bond acceptors (Lipinski definition) is 5. The van der Waals surface area contributed by atoms with Crippen LogP contribution in [0.15, 0.2) is 54.6 Å². The molecule has 1 amide bonds. The highest BCUT2D eigenvalue weighted by atomic mass is 16.5. The Bertz CT molecular complexity index is 763. The van der Waals surface area contributed by atoms with Gasteiger partial charge in [-0.2, -0.15) is 0 Å². The predicted molar refractivity (Wildman–Crippen MR) is 98.2 cm³/mol. The normalized spacial score (nSPS) is 16.9. The van der Waals surface area contributed by atoms with E-state index < -0.39 is 0 Å². The molecule has 2 aromatic carbocycles. The molecule has 3 rings (SSSR count). The Labute approximate surface area is 152 Å². The Kier molecular flexibility index (Phi) is 5.86. The first-order chi connectivity index (χ1) is 12.7. The fourth-order valence-electron chi connectivity index (χ4n) is 3.07. The average molecular weight is 354 g/mol. The van der Waals surface area contributed by atoms with Gasteiger partial charge in [0.2, 0.25) is 5.91 Å². The largest absolute Gasteiger partial charge is 0.468 e. The van der Waals surface area contributed by atoms with E-state index in [0.29, 0.717) is 30.2 Å². The van der Waals surface area contributed by atoms with E-state index in [9.17, 15) is 9.59 Å². The molecule has 0 spiro atoms. The van der Waals surface area contributed by atoms with Crippen molar-refractivity contribution in [2.75, 3.05) is 25.5 Å². The third-order valence-electron chi connectivity index (χ3n) is 4.32. The molecular formula is C20H22N2O4. The number of nitrogens with zero attached hydrogens (tertiary/aromatic N) is 1. The van der Waals surface area contributed by atoms with Crippen molar-refractivity contribution in [1.29, 1.82) is 0 Å². The second kappa shape index (κ2) is 8.49. The maximum absolute atomic E-state index is 12.5. The van der Waals surface area contributed by atoms with Crippen LogP contribution in [0.25, 0.3) is 0 Å². The molecule has 2 aromatic rings. The van der Waals surface area contributed by atoms with Crippen molar-refractivity contribution < 1.29 is 19.1 Å². The summed E-state index contributed by atoms with van der Waals surface area (Å²) < 4.78 is 10.7. The van der Waals surface area contributed by atoms with Gasteiger partial charge in [0.15, 0.2) is 5.75 Å². The van der Waals surface area contributed by atoms with E-state index in [1.807, 2.05) is 47.4 Å². The van der Waals surface area contributed by atoms with E-state index in [-0.39, 0.29) is 24.5 Å². The van der Waals surface area contributed by atoms with Gasteiger partial charge in [0.25, 0.3) is 0 Å². The Morgan fingerprint density at radius 2 is 1.85 bits per heavy atom. The molecule has 1 saturated heterocycles. The van der Waals surface area contributed by atoms with Gasteiger partial charge in [-0.1, -0.05) is 30.3 Å². The van der Waals surface area contributed by atoms with Gasteiger partial charge in [-0.25, -0.2) is 0 Å². The van der Waals surface area contributed by atoms with Crippen LogP contribution in [0.3, 0.4) is 0 Å². The number of methoxy groups -OCH3 is 1. The summed E-state index contributed by atoms with van der Waals surface area (Å²) in [5, 5.41) is 2.88. The lowest BCUT2D eigenvalue weighted by Gasteiger charge is -2.22. The summed E-state index contributed by atoms with van der Waals surface area (Å²) in [7, 11) is 1.37. The smallest absolute Gasteiger partial charge is 0.323 e. The zero-order valence-electron chi connectivity index (χ0n) is 14.7. The standard InChI is InChI=1S/C20H22N2O4/c1-25-20(24)17-11-7-13-22(17)14-19(23)21-16-10-5-6-12-18(16)26-15-8-3-2-4-9-15/h2-6,8-10,12,17H,7,11,13-14H2,1H3,(H,21,23). The molecular weight excluding hydrogens is 332 g/mol. The third kappa shape index (κ3) is 4.40. The number of anilines is 1. The molecule has 0 radical (unpaired) electrons. The lowest BCUT2D eigenvalue weighted by Crippen LogP contribution is -2.41. The van der Waals surface area contributed by atoms with Crippen molar-refractivity contribution in [3.05, 3.63) is 54.6 Å². The van der Waals surface area contributed by atoms with Crippen LogP contribution >= 0.6 is 0 Å². The minimum atomic E-state index is -0.346. The van der Waals surface area contributed by atoms with Crippen molar-refractivity contribution in [2.45, 2.75) is 18.9 Å². The molecule has 136 valence electrons. The molecule has 1 unspecified atom stereocenters. The Morgan fingerprint density at radius 3 is 2.62 bits per heavy atom. The number of amides is 1. The van der Waals surface area contributed by atoms with Gasteiger partial charge in [-0.3, -0.25) is 14.5 Å².